The first kappa shape index (κ1) is 16.3. The number of benzene rings is 1. The molecule has 0 aliphatic heterocycles. The topological polar surface area (TPSA) is 28.4 Å². The van der Waals surface area contributed by atoms with Crippen LogP contribution in [0.5, 0.6) is 0 Å². The van der Waals surface area contributed by atoms with Crippen LogP contribution in [0.3, 0.4) is 0 Å². The van der Waals surface area contributed by atoms with Gasteiger partial charge in [-0.25, -0.2) is 0 Å². The Morgan fingerprint density at radius 2 is 1.81 bits per heavy atom. The highest BCUT2D eigenvalue weighted by atomic mass is 79.9. The molecule has 3 nitrogen and oxygen atoms in total. The molecule has 0 radical (unpaired) electrons. The first-order valence-corrected chi connectivity index (χ1v) is 8.27. The maximum atomic E-state index is 5.52. The highest BCUT2D eigenvalue weighted by Gasteiger charge is 2.17. The second-order valence-electron chi connectivity index (χ2n) is 4.98. The van der Waals surface area contributed by atoms with Crippen molar-refractivity contribution in [2.45, 2.75) is 26.4 Å². The molecule has 1 atom stereocenters. The quantitative estimate of drug-likeness (QED) is 0.772. The average Bonchev–Trinajstić information content (AvgIpc) is 2.93. The third kappa shape index (κ3) is 4.70. The number of halogens is 1. The van der Waals surface area contributed by atoms with Crippen LogP contribution in [0.1, 0.15) is 31.2 Å². The van der Waals surface area contributed by atoms with Gasteiger partial charge in [0.25, 0.3) is 0 Å². The zero-order chi connectivity index (χ0) is 15.1. The zero-order valence-electron chi connectivity index (χ0n) is 12.7. The Kier molecular flexibility index (Phi) is 6.49. The Morgan fingerprint density at radius 1 is 1.10 bits per heavy atom. The fourth-order valence-corrected chi connectivity index (χ4v) is 2.92. The van der Waals surface area contributed by atoms with Crippen molar-refractivity contribution in [1.29, 1.82) is 0 Å². The van der Waals surface area contributed by atoms with Crippen molar-refractivity contribution in [2.75, 3.05) is 19.6 Å². The van der Waals surface area contributed by atoms with Gasteiger partial charge in [0.1, 0.15) is 5.76 Å². The van der Waals surface area contributed by atoms with Gasteiger partial charge < -0.3 is 9.73 Å². The molecule has 1 aromatic carbocycles. The number of likely N-dealkylation sites (N-methyl/N-ethyl adjacent to an activating group) is 1. The maximum absolute atomic E-state index is 5.52. The minimum Gasteiger partial charge on any atom is -0.453 e. The molecular weight excluding hydrogens is 328 g/mol. The summed E-state index contributed by atoms with van der Waals surface area (Å²) >= 11 is 3.33. The van der Waals surface area contributed by atoms with E-state index in [1.54, 1.807) is 0 Å². The van der Waals surface area contributed by atoms with E-state index in [2.05, 4.69) is 70.3 Å². The molecule has 114 valence electrons. The van der Waals surface area contributed by atoms with Crippen LogP contribution in [0.15, 0.2) is 51.6 Å². The largest absolute Gasteiger partial charge is 0.453 e. The minimum atomic E-state index is 0.389. The molecule has 2 rings (SSSR count). The first-order chi connectivity index (χ1) is 10.2. The third-order valence-corrected chi connectivity index (χ3v) is 4.13. The second kappa shape index (κ2) is 8.37. The van der Waals surface area contributed by atoms with Gasteiger partial charge in [-0.2, -0.15) is 0 Å². The van der Waals surface area contributed by atoms with E-state index in [1.807, 2.05) is 12.1 Å². The lowest BCUT2D eigenvalue weighted by Gasteiger charge is -2.30. The van der Waals surface area contributed by atoms with Crippen LogP contribution >= 0.6 is 15.9 Å². The highest BCUT2D eigenvalue weighted by molar-refractivity contribution is 9.10. The monoisotopic (exact) mass is 350 g/mol. The molecule has 1 heterocycles. The van der Waals surface area contributed by atoms with E-state index in [1.165, 1.54) is 5.56 Å². The zero-order valence-corrected chi connectivity index (χ0v) is 14.3. The van der Waals surface area contributed by atoms with Crippen LogP contribution in [0.25, 0.3) is 0 Å². The van der Waals surface area contributed by atoms with E-state index in [0.717, 1.165) is 36.6 Å². The number of hydrogen-bond acceptors (Lipinski definition) is 3. The smallest absolute Gasteiger partial charge is 0.169 e. The molecule has 21 heavy (non-hydrogen) atoms. The predicted octanol–water partition coefficient (Wildman–Crippen LogP) is 4.21. The first-order valence-electron chi connectivity index (χ1n) is 7.48. The van der Waals surface area contributed by atoms with E-state index in [0.29, 0.717) is 6.04 Å². The summed E-state index contributed by atoms with van der Waals surface area (Å²) in [5, 5.41) is 3.51. The lowest BCUT2D eigenvalue weighted by Crippen LogP contribution is -2.35. The summed E-state index contributed by atoms with van der Waals surface area (Å²) in [6, 6.07) is 15.0. The Morgan fingerprint density at radius 3 is 2.38 bits per heavy atom. The van der Waals surface area contributed by atoms with Crippen molar-refractivity contribution in [3.8, 4) is 0 Å². The van der Waals surface area contributed by atoms with Gasteiger partial charge in [-0.1, -0.05) is 44.2 Å². The van der Waals surface area contributed by atoms with Gasteiger partial charge >= 0.3 is 0 Å². The van der Waals surface area contributed by atoms with Crippen molar-refractivity contribution >= 4 is 15.9 Å². The SMILES string of the molecule is CCN(CC)C(CNCc1ccc(Br)o1)c1ccccc1. The Labute approximate surface area is 135 Å². The Balaban J connectivity index is 1.99. The number of hydrogen-bond donors (Lipinski definition) is 1. The molecule has 1 aromatic heterocycles. The molecule has 0 bridgehead atoms. The number of furan rings is 1. The van der Waals surface area contributed by atoms with Crippen LogP contribution in [-0.4, -0.2) is 24.5 Å². The normalized spacial score (nSPS) is 12.8. The minimum absolute atomic E-state index is 0.389. The standard InChI is InChI=1S/C17H23BrN2O/c1-3-20(4-2)16(14-8-6-5-7-9-14)13-19-12-15-10-11-17(18)21-15/h5-11,16,19H,3-4,12-13H2,1-2H3. The Hall–Kier alpha value is -1.10. The van der Waals surface area contributed by atoms with Gasteiger partial charge in [0.05, 0.1) is 6.54 Å². The molecule has 0 fully saturated rings. The fraction of sp³-hybridized carbons (Fsp3) is 0.412. The molecule has 0 saturated heterocycles. The summed E-state index contributed by atoms with van der Waals surface area (Å²) in [6.45, 7) is 8.17. The second-order valence-corrected chi connectivity index (χ2v) is 5.77. The molecule has 1 N–H and O–H groups in total. The number of rotatable bonds is 8. The summed E-state index contributed by atoms with van der Waals surface area (Å²) in [6.07, 6.45) is 0. The average molecular weight is 351 g/mol. The number of nitrogens with one attached hydrogen (secondary N) is 1. The molecule has 0 amide bonds. The third-order valence-electron chi connectivity index (χ3n) is 3.70. The van der Waals surface area contributed by atoms with Gasteiger partial charge in [0.15, 0.2) is 4.67 Å². The van der Waals surface area contributed by atoms with Crippen LogP contribution in [-0.2, 0) is 6.54 Å². The van der Waals surface area contributed by atoms with Crippen LogP contribution < -0.4 is 5.32 Å². The van der Waals surface area contributed by atoms with Crippen LogP contribution in [0.4, 0.5) is 0 Å². The van der Waals surface area contributed by atoms with Gasteiger partial charge in [-0.3, -0.25) is 4.90 Å². The van der Waals surface area contributed by atoms with E-state index in [4.69, 9.17) is 4.42 Å². The van der Waals surface area contributed by atoms with Crippen LogP contribution in [0, 0.1) is 0 Å². The predicted molar refractivity (Wildman–Crippen MR) is 90.2 cm³/mol. The van der Waals surface area contributed by atoms with Crippen molar-refractivity contribution in [2.24, 2.45) is 0 Å². The highest BCUT2D eigenvalue weighted by Crippen LogP contribution is 2.20. The van der Waals surface area contributed by atoms with Crippen molar-refractivity contribution in [3.63, 3.8) is 0 Å². The van der Waals surface area contributed by atoms with Gasteiger partial charge in [-0.05, 0) is 46.7 Å². The fourth-order valence-electron chi connectivity index (χ4n) is 2.58. The number of nitrogens with zero attached hydrogens (tertiary/aromatic N) is 1. The van der Waals surface area contributed by atoms with E-state index in [9.17, 15) is 0 Å². The summed E-state index contributed by atoms with van der Waals surface area (Å²) in [5.41, 5.74) is 1.36. The molecule has 0 aliphatic rings. The summed E-state index contributed by atoms with van der Waals surface area (Å²) < 4.78 is 6.30. The molecule has 4 heteroatoms. The van der Waals surface area contributed by atoms with Crippen LogP contribution in [0.2, 0.25) is 0 Å². The molecule has 0 aliphatic carbocycles. The summed E-state index contributed by atoms with van der Waals surface area (Å²) in [7, 11) is 0. The van der Waals surface area contributed by atoms with E-state index in [-0.39, 0.29) is 0 Å². The van der Waals surface area contributed by atoms with Crippen molar-refractivity contribution in [3.05, 3.63) is 58.5 Å². The van der Waals surface area contributed by atoms with Crippen molar-refractivity contribution in [1.82, 2.24) is 10.2 Å². The van der Waals surface area contributed by atoms with Gasteiger partial charge in [-0.15, -0.1) is 0 Å². The van der Waals surface area contributed by atoms with Crippen molar-refractivity contribution < 1.29 is 4.42 Å². The lowest BCUT2D eigenvalue weighted by molar-refractivity contribution is 0.212. The molecule has 0 spiro atoms. The maximum Gasteiger partial charge on any atom is 0.169 e. The molecular formula is C17H23BrN2O. The summed E-state index contributed by atoms with van der Waals surface area (Å²) in [4.78, 5) is 2.47. The summed E-state index contributed by atoms with van der Waals surface area (Å²) in [5.74, 6) is 0.952. The van der Waals surface area contributed by atoms with Gasteiger partial charge in [0, 0.05) is 12.6 Å². The lowest BCUT2D eigenvalue weighted by atomic mass is 10.1. The molecule has 2 aromatic rings. The van der Waals surface area contributed by atoms with E-state index >= 15 is 0 Å². The Bertz CT molecular complexity index is 523. The van der Waals surface area contributed by atoms with Gasteiger partial charge in [0.2, 0.25) is 0 Å². The van der Waals surface area contributed by atoms with E-state index < -0.39 is 0 Å². The molecule has 0 saturated carbocycles. The molecule has 1 unspecified atom stereocenters.